The molecule has 0 aromatic carbocycles. The van der Waals surface area contributed by atoms with E-state index in [1.807, 2.05) is 35.7 Å². The Bertz CT molecular complexity index is 646. The number of rotatable bonds is 4. The van der Waals surface area contributed by atoms with Crippen LogP contribution < -0.4 is 5.32 Å². The first kappa shape index (κ1) is 13.4. The molecule has 104 valence electrons. The molecule has 1 aliphatic carbocycles. The van der Waals surface area contributed by atoms with Crippen LogP contribution in [0.5, 0.6) is 0 Å². The molecule has 0 spiro atoms. The fourth-order valence-corrected chi connectivity index (χ4v) is 4.05. The van der Waals surface area contributed by atoms with Gasteiger partial charge in [0.2, 0.25) is 0 Å². The Morgan fingerprint density at radius 2 is 2.45 bits per heavy atom. The second-order valence-corrected chi connectivity index (χ2v) is 6.39. The van der Waals surface area contributed by atoms with Gasteiger partial charge in [0, 0.05) is 11.4 Å². The van der Waals surface area contributed by atoms with E-state index in [9.17, 15) is 5.26 Å². The number of hydrogen-bond donors (Lipinski definition) is 1. The van der Waals surface area contributed by atoms with E-state index in [0.717, 1.165) is 36.6 Å². The number of aromatic nitrogens is 3. The van der Waals surface area contributed by atoms with Crippen molar-refractivity contribution in [3.8, 4) is 6.07 Å². The van der Waals surface area contributed by atoms with Crippen molar-refractivity contribution >= 4 is 17.4 Å². The summed E-state index contributed by atoms with van der Waals surface area (Å²) in [6.45, 7) is 2.88. The van der Waals surface area contributed by atoms with Crippen LogP contribution in [0.15, 0.2) is 29.6 Å². The highest BCUT2D eigenvalue weighted by atomic mass is 32.2. The van der Waals surface area contributed by atoms with Crippen LogP contribution in [0.4, 0.5) is 0 Å². The fraction of sp³-hybridized carbons (Fsp3) is 0.500. The van der Waals surface area contributed by atoms with Crippen LogP contribution in [0.2, 0.25) is 0 Å². The van der Waals surface area contributed by atoms with Gasteiger partial charge in [-0.3, -0.25) is 9.72 Å². The Morgan fingerprint density at radius 1 is 1.55 bits per heavy atom. The normalized spacial score (nSPS) is 25.9. The first-order valence-electron chi connectivity index (χ1n) is 6.89. The second kappa shape index (κ2) is 5.43. The summed E-state index contributed by atoms with van der Waals surface area (Å²) in [6, 6.07) is 8.34. The highest BCUT2D eigenvalue weighted by molar-refractivity contribution is 7.99. The van der Waals surface area contributed by atoms with Gasteiger partial charge >= 0.3 is 0 Å². The first-order valence-corrected chi connectivity index (χ1v) is 7.77. The molecule has 0 saturated heterocycles. The third-order valence-electron chi connectivity index (χ3n) is 3.75. The van der Waals surface area contributed by atoms with Gasteiger partial charge in [0.15, 0.2) is 10.8 Å². The van der Waals surface area contributed by atoms with E-state index in [4.69, 9.17) is 0 Å². The lowest BCUT2D eigenvalue weighted by atomic mass is 10.0. The number of nitriles is 1. The second-order valence-electron chi connectivity index (χ2n) is 5.12. The Balaban J connectivity index is 1.75. The number of thioether (sulfide) groups is 1. The lowest BCUT2D eigenvalue weighted by Gasteiger charge is -2.21. The van der Waals surface area contributed by atoms with Crippen molar-refractivity contribution in [1.29, 1.82) is 5.26 Å². The standard InChI is InChI=1S/C14H17N5S/c1-2-16-14(10-15)7-6-11(9-14)20-13-18-17-12-5-3-4-8-19(12)13/h3-5,8,11,16H,2,6-7,9H2,1H3. The third-order valence-corrected chi connectivity index (χ3v) is 4.98. The predicted octanol–water partition coefficient (Wildman–Crippen LogP) is 2.25. The van der Waals surface area contributed by atoms with E-state index in [2.05, 4.69) is 21.6 Å². The quantitative estimate of drug-likeness (QED) is 0.934. The average molecular weight is 287 g/mol. The maximum Gasteiger partial charge on any atom is 0.195 e. The minimum atomic E-state index is -0.354. The maximum absolute atomic E-state index is 9.41. The molecule has 1 fully saturated rings. The molecule has 2 aromatic rings. The SMILES string of the molecule is CCNC1(C#N)CCC(Sc2nnc3ccccn23)C1. The number of hydrogen-bond acceptors (Lipinski definition) is 5. The molecular formula is C14H17N5S. The van der Waals surface area contributed by atoms with Gasteiger partial charge in [-0.2, -0.15) is 5.26 Å². The van der Waals surface area contributed by atoms with Crippen LogP contribution in [0.25, 0.3) is 5.65 Å². The summed E-state index contributed by atoms with van der Waals surface area (Å²) in [5.74, 6) is 0. The molecule has 5 nitrogen and oxygen atoms in total. The van der Waals surface area contributed by atoms with E-state index in [1.54, 1.807) is 11.8 Å². The van der Waals surface area contributed by atoms with Crippen molar-refractivity contribution in [1.82, 2.24) is 19.9 Å². The molecular weight excluding hydrogens is 270 g/mol. The van der Waals surface area contributed by atoms with Crippen LogP contribution in [-0.2, 0) is 0 Å². The smallest absolute Gasteiger partial charge is 0.195 e. The van der Waals surface area contributed by atoms with E-state index in [0.29, 0.717) is 5.25 Å². The van der Waals surface area contributed by atoms with Gasteiger partial charge in [0.05, 0.1) is 6.07 Å². The van der Waals surface area contributed by atoms with E-state index < -0.39 is 0 Å². The molecule has 2 heterocycles. The summed E-state index contributed by atoms with van der Waals surface area (Å²) < 4.78 is 2.00. The minimum Gasteiger partial charge on any atom is -0.300 e. The van der Waals surface area contributed by atoms with Crippen LogP contribution in [0.3, 0.4) is 0 Å². The lowest BCUT2D eigenvalue weighted by Crippen LogP contribution is -2.41. The predicted molar refractivity (Wildman–Crippen MR) is 78.5 cm³/mol. The number of nitrogens with zero attached hydrogens (tertiary/aromatic N) is 4. The molecule has 0 bridgehead atoms. The molecule has 0 amide bonds. The Kier molecular flexibility index (Phi) is 3.64. The molecule has 2 atom stereocenters. The van der Waals surface area contributed by atoms with Crippen LogP contribution >= 0.6 is 11.8 Å². The Hall–Kier alpha value is -1.58. The number of pyridine rings is 1. The van der Waals surface area contributed by atoms with Crippen molar-refractivity contribution in [3.63, 3.8) is 0 Å². The van der Waals surface area contributed by atoms with E-state index >= 15 is 0 Å². The summed E-state index contributed by atoms with van der Waals surface area (Å²) in [5.41, 5.74) is 0.513. The summed E-state index contributed by atoms with van der Waals surface area (Å²) in [6.07, 6.45) is 4.79. The number of fused-ring (bicyclic) bond motifs is 1. The molecule has 3 rings (SSSR count). The third kappa shape index (κ3) is 2.39. The van der Waals surface area contributed by atoms with E-state index in [1.165, 1.54) is 0 Å². The van der Waals surface area contributed by atoms with Gasteiger partial charge < -0.3 is 0 Å². The Labute approximate surface area is 122 Å². The lowest BCUT2D eigenvalue weighted by molar-refractivity contribution is 0.436. The van der Waals surface area contributed by atoms with Gasteiger partial charge in [-0.05, 0) is 37.9 Å². The van der Waals surface area contributed by atoms with Crippen molar-refractivity contribution in [3.05, 3.63) is 24.4 Å². The Morgan fingerprint density at radius 3 is 3.25 bits per heavy atom. The summed E-state index contributed by atoms with van der Waals surface area (Å²) in [7, 11) is 0. The minimum absolute atomic E-state index is 0.354. The van der Waals surface area contributed by atoms with Crippen molar-refractivity contribution in [2.75, 3.05) is 6.54 Å². The first-order chi connectivity index (χ1) is 9.76. The zero-order valence-electron chi connectivity index (χ0n) is 11.4. The zero-order chi connectivity index (χ0) is 14.0. The average Bonchev–Trinajstić information content (AvgIpc) is 3.06. The molecule has 1 saturated carbocycles. The number of nitrogens with one attached hydrogen (secondary N) is 1. The topological polar surface area (TPSA) is 66.0 Å². The molecule has 1 aliphatic rings. The van der Waals surface area contributed by atoms with Crippen LogP contribution in [-0.4, -0.2) is 31.9 Å². The van der Waals surface area contributed by atoms with Crippen molar-refractivity contribution in [2.45, 2.75) is 42.1 Å². The molecule has 2 aromatic heterocycles. The largest absolute Gasteiger partial charge is 0.300 e. The summed E-state index contributed by atoms with van der Waals surface area (Å²) in [5, 5.41) is 22.5. The molecule has 1 N–H and O–H groups in total. The molecule has 0 radical (unpaired) electrons. The molecule has 20 heavy (non-hydrogen) atoms. The van der Waals surface area contributed by atoms with Gasteiger partial charge in [-0.1, -0.05) is 24.8 Å². The summed E-state index contributed by atoms with van der Waals surface area (Å²) >= 11 is 1.73. The zero-order valence-corrected chi connectivity index (χ0v) is 12.2. The van der Waals surface area contributed by atoms with Gasteiger partial charge in [0.1, 0.15) is 5.54 Å². The van der Waals surface area contributed by atoms with Crippen molar-refractivity contribution in [2.24, 2.45) is 0 Å². The maximum atomic E-state index is 9.41. The van der Waals surface area contributed by atoms with Crippen LogP contribution in [0.1, 0.15) is 26.2 Å². The van der Waals surface area contributed by atoms with Crippen molar-refractivity contribution < 1.29 is 0 Å². The van der Waals surface area contributed by atoms with Crippen LogP contribution in [0, 0.1) is 11.3 Å². The molecule has 2 unspecified atom stereocenters. The molecule has 0 aliphatic heterocycles. The van der Waals surface area contributed by atoms with E-state index in [-0.39, 0.29) is 5.54 Å². The summed E-state index contributed by atoms with van der Waals surface area (Å²) in [4.78, 5) is 0. The van der Waals surface area contributed by atoms with Gasteiger partial charge in [0.25, 0.3) is 0 Å². The fourth-order valence-electron chi connectivity index (χ4n) is 2.79. The van der Waals surface area contributed by atoms with Gasteiger partial charge in [-0.25, -0.2) is 0 Å². The van der Waals surface area contributed by atoms with Gasteiger partial charge in [-0.15, -0.1) is 10.2 Å². The monoisotopic (exact) mass is 287 g/mol. The highest BCUT2D eigenvalue weighted by Crippen LogP contribution is 2.39. The molecule has 6 heteroatoms. The highest BCUT2D eigenvalue weighted by Gasteiger charge is 2.39.